The molecule has 4 aromatic carbocycles. The Balaban J connectivity index is 1.77. The van der Waals surface area contributed by atoms with Gasteiger partial charge in [-0.1, -0.05) is 54.6 Å². The minimum Gasteiger partial charge on any atom is -0.428 e. The van der Waals surface area contributed by atoms with Crippen molar-refractivity contribution < 1.29 is 38.1 Å². The van der Waals surface area contributed by atoms with Gasteiger partial charge in [-0.25, -0.2) is 14.4 Å². The maximum absolute atomic E-state index is 12.9. The SMILES string of the molecule is O=COc1cc(OC(=O)c2ccccc2)c(OC(=O)c2ccccc2)c(OC(=O)c2ccccc2)c1. The molecule has 0 unspecified atom stereocenters. The summed E-state index contributed by atoms with van der Waals surface area (Å²) in [6, 6.07) is 26.5. The second-order valence-electron chi connectivity index (χ2n) is 7.23. The van der Waals surface area contributed by atoms with E-state index in [1.54, 1.807) is 54.6 Å². The quantitative estimate of drug-likeness (QED) is 0.199. The van der Waals surface area contributed by atoms with E-state index in [1.807, 2.05) is 0 Å². The lowest BCUT2D eigenvalue weighted by Crippen LogP contribution is -2.15. The van der Waals surface area contributed by atoms with E-state index < -0.39 is 17.9 Å². The van der Waals surface area contributed by atoms with Crippen LogP contribution in [0.3, 0.4) is 0 Å². The van der Waals surface area contributed by atoms with Crippen molar-refractivity contribution in [1.29, 1.82) is 0 Å². The van der Waals surface area contributed by atoms with Gasteiger partial charge in [0.1, 0.15) is 5.75 Å². The summed E-state index contributed by atoms with van der Waals surface area (Å²) in [7, 11) is 0. The Hall–Kier alpha value is -5.24. The van der Waals surface area contributed by atoms with Crippen LogP contribution in [0.4, 0.5) is 0 Å². The van der Waals surface area contributed by atoms with Crippen LogP contribution in [0.1, 0.15) is 31.1 Å². The monoisotopic (exact) mass is 482 g/mol. The van der Waals surface area contributed by atoms with Crippen molar-refractivity contribution in [3.63, 3.8) is 0 Å². The first-order valence-corrected chi connectivity index (χ1v) is 10.6. The maximum atomic E-state index is 12.9. The highest BCUT2D eigenvalue weighted by Crippen LogP contribution is 2.42. The lowest BCUT2D eigenvalue weighted by atomic mass is 10.2. The lowest BCUT2D eigenvalue weighted by molar-refractivity contribution is -0.120. The van der Waals surface area contributed by atoms with Crippen molar-refractivity contribution >= 4 is 24.4 Å². The predicted octanol–water partition coefficient (Wildman–Crippen LogP) is 4.88. The van der Waals surface area contributed by atoms with E-state index in [0.29, 0.717) is 0 Å². The smallest absolute Gasteiger partial charge is 0.343 e. The topological polar surface area (TPSA) is 105 Å². The Morgan fingerprint density at radius 1 is 0.528 bits per heavy atom. The number of ether oxygens (including phenoxy) is 4. The van der Waals surface area contributed by atoms with Crippen LogP contribution < -0.4 is 18.9 Å². The van der Waals surface area contributed by atoms with Gasteiger partial charge in [-0.2, -0.15) is 0 Å². The standard InChI is InChI=1S/C28H18O8/c29-18-33-22-16-23(34-26(30)19-10-4-1-5-11-19)25(36-28(32)21-14-8-3-9-15-21)24(17-22)35-27(31)20-12-6-2-7-13-20/h1-18H. The molecule has 0 spiro atoms. The average Bonchev–Trinajstić information content (AvgIpc) is 2.92. The van der Waals surface area contributed by atoms with Crippen LogP contribution in [-0.2, 0) is 4.79 Å². The highest BCUT2D eigenvalue weighted by atomic mass is 16.6. The first-order valence-electron chi connectivity index (χ1n) is 10.6. The Labute approximate surface area is 205 Å². The predicted molar refractivity (Wildman–Crippen MR) is 127 cm³/mol. The van der Waals surface area contributed by atoms with Gasteiger partial charge in [0.05, 0.1) is 16.7 Å². The van der Waals surface area contributed by atoms with Gasteiger partial charge in [0, 0.05) is 12.1 Å². The Morgan fingerprint density at radius 3 is 1.25 bits per heavy atom. The molecule has 0 saturated carbocycles. The molecule has 4 aromatic rings. The van der Waals surface area contributed by atoms with Gasteiger partial charge < -0.3 is 18.9 Å². The molecule has 0 fully saturated rings. The van der Waals surface area contributed by atoms with Crippen LogP contribution in [0.5, 0.6) is 23.0 Å². The first kappa shape index (κ1) is 23.9. The minimum atomic E-state index is -0.798. The highest BCUT2D eigenvalue weighted by Gasteiger charge is 2.25. The third-order valence-corrected chi connectivity index (χ3v) is 4.81. The molecule has 8 heteroatoms. The second-order valence-corrected chi connectivity index (χ2v) is 7.23. The molecule has 0 radical (unpaired) electrons. The summed E-state index contributed by atoms with van der Waals surface area (Å²) >= 11 is 0. The molecule has 36 heavy (non-hydrogen) atoms. The Morgan fingerprint density at radius 2 is 0.889 bits per heavy atom. The largest absolute Gasteiger partial charge is 0.428 e. The summed E-state index contributed by atoms with van der Waals surface area (Å²) in [4.78, 5) is 49.4. The second kappa shape index (κ2) is 11.3. The van der Waals surface area contributed by atoms with Crippen LogP contribution in [-0.4, -0.2) is 24.4 Å². The van der Waals surface area contributed by atoms with Gasteiger partial charge in [-0.15, -0.1) is 0 Å². The number of rotatable bonds is 8. The lowest BCUT2D eigenvalue weighted by Gasteiger charge is -2.16. The van der Waals surface area contributed by atoms with Crippen molar-refractivity contribution in [3.05, 3.63) is 120 Å². The maximum Gasteiger partial charge on any atom is 0.343 e. The van der Waals surface area contributed by atoms with E-state index in [-0.39, 0.29) is 46.2 Å². The summed E-state index contributed by atoms with van der Waals surface area (Å²) in [6.45, 7) is 0.149. The molecule has 4 rings (SSSR count). The van der Waals surface area contributed by atoms with Crippen LogP contribution >= 0.6 is 0 Å². The molecule has 178 valence electrons. The van der Waals surface area contributed by atoms with Crippen molar-refractivity contribution in [1.82, 2.24) is 0 Å². The molecule has 8 nitrogen and oxygen atoms in total. The van der Waals surface area contributed by atoms with E-state index in [2.05, 4.69) is 0 Å². The van der Waals surface area contributed by atoms with E-state index in [0.717, 1.165) is 0 Å². The third kappa shape index (κ3) is 5.81. The van der Waals surface area contributed by atoms with Crippen molar-refractivity contribution in [2.75, 3.05) is 0 Å². The number of esters is 3. The summed E-state index contributed by atoms with van der Waals surface area (Å²) in [6.07, 6.45) is 0. The van der Waals surface area contributed by atoms with Gasteiger partial charge in [0.2, 0.25) is 5.75 Å². The first-order chi connectivity index (χ1) is 17.5. The fourth-order valence-electron chi connectivity index (χ4n) is 3.12. The fraction of sp³-hybridized carbons (Fsp3) is 0. The average molecular weight is 482 g/mol. The van der Waals surface area contributed by atoms with Crippen molar-refractivity contribution in [2.24, 2.45) is 0 Å². The molecule has 0 aliphatic carbocycles. The molecular formula is C28H18O8. The van der Waals surface area contributed by atoms with Gasteiger partial charge >= 0.3 is 17.9 Å². The van der Waals surface area contributed by atoms with E-state index >= 15 is 0 Å². The van der Waals surface area contributed by atoms with Gasteiger partial charge in [-0.3, -0.25) is 4.79 Å². The van der Waals surface area contributed by atoms with Crippen LogP contribution in [0.25, 0.3) is 0 Å². The highest BCUT2D eigenvalue weighted by molar-refractivity contribution is 5.95. The molecular weight excluding hydrogens is 464 g/mol. The molecule has 0 aliphatic rings. The summed E-state index contributed by atoms with van der Waals surface area (Å²) in [5.41, 5.74) is 0.621. The molecule has 0 atom stereocenters. The number of carbonyl (C=O) groups excluding carboxylic acids is 4. The van der Waals surface area contributed by atoms with Gasteiger partial charge in [0.25, 0.3) is 6.47 Å². The number of benzene rings is 4. The van der Waals surface area contributed by atoms with Crippen molar-refractivity contribution in [3.8, 4) is 23.0 Å². The summed E-state index contributed by atoms with van der Waals surface area (Å²) < 4.78 is 21.4. The number of hydrogen-bond acceptors (Lipinski definition) is 8. The van der Waals surface area contributed by atoms with E-state index in [4.69, 9.17) is 18.9 Å². The number of hydrogen-bond donors (Lipinski definition) is 0. The molecule has 0 N–H and O–H groups in total. The van der Waals surface area contributed by atoms with Gasteiger partial charge in [0.15, 0.2) is 11.5 Å². The zero-order valence-electron chi connectivity index (χ0n) is 18.7. The molecule has 0 saturated heterocycles. The molecule has 0 heterocycles. The van der Waals surface area contributed by atoms with E-state index in [9.17, 15) is 19.2 Å². The molecule has 0 aromatic heterocycles. The molecule has 0 aliphatic heterocycles. The normalized spacial score (nSPS) is 10.1. The number of carbonyl (C=O) groups is 4. The van der Waals surface area contributed by atoms with Crippen LogP contribution in [0, 0.1) is 0 Å². The molecule has 0 amide bonds. The Kier molecular flexibility index (Phi) is 7.47. The zero-order valence-corrected chi connectivity index (χ0v) is 18.7. The molecule has 0 bridgehead atoms. The fourth-order valence-corrected chi connectivity index (χ4v) is 3.12. The van der Waals surface area contributed by atoms with Crippen LogP contribution in [0.15, 0.2) is 103 Å². The van der Waals surface area contributed by atoms with Crippen molar-refractivity contribution in [2.45, 2.75) is 0 Å². The van der Waals surface area contributed by atoms with Gasteiger partial charge in [-0.05, 0) is 36.4 Å². The Bertz CT molecular complexity index is 1310. The van der Waals surface area contributed by atoms with Crippen LogP contribution in [0.2, 0.25) is 0 Å². The van der Waals surface area contributed by atoms with E-state index in [1.165, 1.54) is 48.5 Å². The minimum absolute atomic E-state index is 0.115. The zero-order chi connectivity index (χ0) is 25.3. The summed E-state index contributed by atoms with van der Waals surface area (Å²) in [5.74, 6) is -3.43. The summed E-state index contributed by atoms with van der Waals surface area (Å²) in [5, 5.41) is 0. The third-order valence-electron chi connectivity index (χ3n) is 4.81.